The predicted octanol–water partition coefficient (Wildman–Crippen LogP) is 2.84. The van der Waals surface area contributed by atoms with E-state index in [1.807, 2.05) is 22.9 Å². The maximum atomic E-state index is 4.30. The second-order valence-electron chi connectivity index (χ2n) is 5.64. The molecule has 0 saturated carbocycles. The summed E-state index contributed by atoms with van der Waals surface area (Å²) in [7, 11) is 0. The van der Waals surface area contributed by atoms with E-state index in [0.29, 0.717) is 0 Å². The highest BCUT2D eigenvalue weighted by Crippen LogP contribution is 2.19. The summed E-state index contributed by atoms with van der Waals surface area (Å²) in [6.07, 6.45) is 2.37. The number of benzene rings is 2. The van der Waals surface area contributed by atoms with Gasteiger partial charge in [0.25, 0.3) is 0 Å². The Balaban J connectivity index is 1.60. The van der Waals surface area contributed by atoms with Gasteiger partial charge in [-0.1, -0.05) is 41.6 Å². The maximum Gasteiger partial charge on any atom is 0.113 e. The summed E-state index contributed by atoms with van der Waals surface area (Å²) in [5, 5.41) is 8.54. The molecule has 0 N–H and O–H groups in total. The van der Waals surface area contributed by atoms with Gasteiger partial charge >= 0.3 is 0 Å². The Morgan fingerprint density at radius 3 is 2.71 bits per heavy atom. The first kappa shape index (κ1) is 12.5. The average molecular weight is 278 g/mol. The molecule has 1 aliphatic rings. The van der Waals surface area contributed by atoms with E-state index in [9.17, 15) is 0 Å². The Bertz CT molecular complexity index is 762. The summed E-state index contributed by atoms with van der Waals surface area (Å²) in [6, 6.07) is 16.9. The molecule has 0 fully saturated rings. The molecule has 106 valence electrons. The van der Waals surface area contributed by atoms with E-state index in [0.717, 1.165) is 30.8 Å². The number of hydrogen-bond acceptors (Lipinski definition) is 3. The summed E-state index contributed by atoms with van der Waals surface area (Å²) in [6.45, 7) is 2.89. The van der Waals surface area contributed by atoms with Crippen LogP contribution in [0.2, 0.25) is 0 Å². The Hall–Kier alpha value is -2.20. The molecule has 0 spiro atoms. The molecular weight excluding hydrogens is 260 g/mol. The molecule has 0 saturated heterocycles. The zero-order valence-electron chi connectivity index (χ0n) is 11.9. The fourth-order valence-corrected chi connectivity index (χ4v) is 3.10. The van der Waals surface area contributed by atoms with E-state index in [1.54, 1.807) is 0 Å². The molecule has 4 nitrogen and oxygen atoms in total. The van der Waals surface area contributed by atoms with Crippen LogP contribution in [0, 0.1) is 0 Å². The van der Waals surface area contributed by atoms with Gasteiger partial charge in [-0.2, -0.15) is 0 Å². The lowest BCUT2D eigenvalue weighted by atomic mass is 10.0. The van der Waals surface area contributed by atoms with Crippen molar-refractivity contribution in [3.63, 3.8) is 0 Å². The summed E-state index contributed by atoms with van der Waals surface area (Å²) < 4.78 is 2.00. The number of fused-ring (bicyclic) bond motifs is 2. The van der Waals surface area contributed by atoms with Crippen molar-refractivity contribution >= 4 is 11.0 Å². The first-order chi connectivity index (χ1) is 10.4. The number of nitrogens with zero attached hydrogens (tertiary/aromatic N) is 4. The lowest BCUT2D eigenvalue weighted by molar-refractivity contribution is 0.203. The summed E-state index contributed by atoms with van der Waals surface area (Å²) in [4.78, 5) is 2.45. The van der Waals surface area contributed by atoms with Crippen molar-refractivity contribution in [1.82, 2.24) is 19.9 Å². The number of aromatic nitrogens is 3. The van der Waals surface area contributed by atoms with Gasteiger partial charge < -0.3 is 0 Å². The van der Waals surface area contributed by atoms with Gasteiger partial charge in [-0.25, -0.2) is 4.68 Å². The SMILES string of the molecule is c1ccc2c(c1)CCCN(Cn1nnc3ccccc31)C2. The average Bonchev–Trinajstić information content (AvgIpc) is 2.80. The van der Waals surface area contributed by atoms with Gasteiger partial charge in [0.15, 0.2) is 0 Å². The smallest absolute Gasteiger partial charge is 0.113 e. The first-order valence-corrected chi connectivity index (χ1v) is 7.47. The summed E-state index contributed by atoms with van der Waals surface area (Å²) >= 11 is 0. The number of rotatable bonds is 2. The molecule has 0 bridgehead atoms. The van der Waals surface area contributed by atoms with E-state index in [-0.39, 0.29) is 0 Å². The van der Waals surface area contributed by atoms with E-state index < -0.39 is 0 Å². The molecule has 4 rings (SSSR count). The third kappa shape index (κ3) is 2.43. The van der Waals surface area contributed by atoms with Crippen LogP contribution in [0.4, 0.5) is 0 Å². The van der Waals surface area contributed by atoms with Gasteiger partial charge in [-0.15, -0.1) is 5.10 Å². The van der Waals surface area contributed by atoms with Gasteiger partial charge in [-0.05, 0) is 36.1 Å². The van der Waals surface area contributed by atoms with Crippen LogP contribution < -0.4 is 0 Å². The number of hydrogen-bond donors (Lipinski definition) is 0. The van der Waals surface area contributed by atoms with Crippen molar-refractivity contribution < 1.29 is 0 Å². The zero-order valence-corrected chi connectivity index (χ0v) is 11.9. The van der Waals surface area contributed by atoms with Crippen LogP contribution in [0.5, 0.6) is 0 Å². The molecule has 2 aromatic carbocycles. The van der Waals surface area contributed by atoms with Crippen LogP contribution in [0.3, 0.4) is 0 Å². The lowest BCUT2D eigenvalue weighted by Crippen LogP contribution is -2.26. The van der Waals surface area contributed by atoms with Crippen molar-refractivity contribution in [3.05, 3.63) is 59.7 Å². The second-order valence-corrected chi connectivity index (χ2v) is 5.64. The highest BCUT2D eigenvalue weighted by Gasteiger charge is 2.15. The Kier molecular flexibility index (Phi) is 3.16. The lowest BCUT2D eigenvalue weighted by Gasteiger charge is -2.20. The Labute approximate surface area is 124 Å². The molecule has 2 heterocycles. The second kappa shape index (κ2) is 5.30. The third-order valence-electron chi connectivity index (χ3n) is 4.19. The van der Waals surface area contributed by atoms with Gasteiger partial charge in [0.05, 0.1) is 12.2 Å². The third-order valence-corrected chi connectivity index (χ3v) is 4.19. The minimum atomic E-state index is 0.800. The molecule has 0 atom stereocenters. The molecule has 21 heavy (non-hydrogen) atoms. The minimum absolute atomic E-state index is 0.800. The van der Waals surface area contributed by atoms with E-state index in [1.165, 1.54) is 24.0 Å². The molecule has 1 aliphatic heterocycles. The van der Waals surface area contributed by atoms with Crippen molar-refractivity contribution in [2.24, 2.45) is 0 Å². The van der Waals surface area contributed by atoms with Crippen LogP contribution in [0.15, 0.2) is 48.5 Å². The topological polar surface area (TPSA) is 34.0 Å². The molecule has 4 heteroatoms. The minimum Gasteiger partial charge on any atom is -0.280 e. The Morgan fingerprint density at radius 1 is 0.952 bits per heavy atom. The van der Waals surface area contributed by atoms with Gasteiger partial charge in [0.1, 0.15) is 5.52 Å². The summed E-state index contributed by atoms with van der Waals surface area (Å²) in [5.74, 6) is 0. The largest absolute Gasteiger partial charge is 0.280 e. The van der Waals surface area contributed by atoms with Crippen molar-refractivity contribution in [3.8, 4) is 0 Å². The standard InChI is InChI=1S/C17H18N4/c1-2-7-15-12-20(11-5-8-14(15)6-1)13-21-17-10-4-3-9-16(17)18-19-21/h1-4,6-7,9-10H,5,8,11-13H2. The van der Waals surface area contributed by atoms with Crippen LogP contribution in [-0.4, -0.2) is 26.4 Å². The highest BCUT2D eigenvalue weighted by molar-refractivity contribution is 5.73. The zero-order chi connectivity index (χ0) is 14.1. The predicted molar refractivity (Wildman–Crippen MR) is 82.7 cm³/mol. The molecule has 1 aromatic heterocycles. The van der Waals surface area contributed by atoms with Gasteiger partial charge in [-0.3, -0.25) is 4.90 Å². The van der Waals surface area contributed by atoms with E-state index in [4.69, 9.17) is 0 Å². The van der Waals surface area contributed by atoms with Crippen molar-refractivity contribution in [1.29, 1.82) is 0 Å². The van der Waals surface area contributed by atoms with Crippen molar-refractivity contribution in [2.45, 2.75) is 26.1 Å². The van der Waals surface area contributed by atoms with Gasteiger partial charge in [0.2, 0.25) is 0 Å². The maximum absolute atomic E-state index is 4.30. The first-order valence-electron chi connectivity index (χ1n) is 7.47. The van der Waals surface area contributed by atoms with Crippen LogP contribution in [-0.2, 0) is 19.6 Å². The quantitative estimate of drug-likeness (QED) is 0.723. The number of para-hydroxylation sites is 1. The van der Waals surface area contributed by atoms with E-state index >= 15 is 0 Å². The summed E-state index contributed by atoms with van der Waals surface area (Å²) in [5.41, 5.74) is 5.01. The molecule has 0 aliphatic carbocycles. The molecule has 0 amide bonds. The van der Waals surface area contributed by atoms with Crippen LogP contribution in [0.1, 0.15) is 17.5 Å². The molecular formula is C17H18N4. The monoisotopic (exact) mass is 278 g/mol. The van der Waals surface area contributed by atoms with Gasteiger partial charge in [0, 0.05) is 13.1 Å². The number of aryl methyl sites for hydroxylation is 1. The molecule has 0 unspecified atom stereocenters. The fourth-order valence-electron chi connectivity index (χ4n) is 3.10. The molecule has 3 aromatic rings. The van der Waals surface area contributed by atoms with Crippen LogP contribution in [0.25, 0.3) is 11.0 Å². The highest BCUT2D eigenvalue weighted by atomic mass is 15.5. The Morgan fingerprint density at radius 2 is 1.76 bits per heavy atom. The normalized spacial score (nSPS) is 15.8. The van der Waals surface area contributed by atoms with Crippen LogP contribution >= 0.6 is 0 Å². The fraction of sp³-hybridized carbons (Fsp3) is 0.294. The molecule has 0 radical (unpaired) electrons. The van der Waals surface area contributed by atoms with Crippen molar-refractivity contribution in [2.75, 3.05) is 6.54 Å². The van der Waals surface area contributed by atoms with E-state index in [2.05, 4.69) is 45.5 Å².